The summed E-state index contributed by atoms with van der Waals surface area (Å²) < 4.78 is 53.2. The van der Waals surface area contributed by atoms with E-state index < -0.39 is 60.5 Å². The van der Waals surface area contributed by atoms with Gasteiger partial charge in [-0.25, -0.2) is 16.8 Å². The summed E-state index contributed by atoms with van der Waals surface area (Å²) in [6.45, 7) is 0. The van der Waals surface area contributed by atoms with Gasteiger partial charge in [0, 0.05) is 16.1 Å². The van der Waals surface area contributed by atoms with Gasteiger partial charge in [0.2, 0.25) is 19.7 Å². The molecule has 0 aliphatic carbocycles. The molecular formula is C18H10Cl2N2O8S2. The van der Waals surface area contributed by atoms with Gasteiger partial charge in [-0.15, -0.1) is 0 Å². The van der Waals surface area contributed by atoms with Crippen LogP contribution < -0.4 is 0 Å². The van der Waals surface area contributed by atoms with Crippen molar-refractivity contribution in [2.75, 3.05) is 0 Å². The Hall–Kier alpha value is -3.06. The summed E-state index contributed by atoms with van der Waals surface area (Å²) in [6.07, 6.45) is 0. The Labute approximate surface area is 191 Å². The van der Waals surface area contributed by atoms with E-state index in [9.17, 15) is 37.1 Å². The zero-order chi connectivity index (χ0) is 23.8. The quantitative estimate of drug-likeness (QED) is 0.343. The predicted molar refractivity (Wildman–Crippen MR) is 114 cm³/mol. The van der Waals surface area contributed by atoms with Gasteiger partial charge in [0.25, 0.3) is 11.4 Å². The van der Waals surface area contributed by atoms with Crippen molar-refractivity contribution in [2.45, 2.75) is 19.6 Å². The van der Waals surface area contributed by atoms with Crippen LogP contribution in [0.4, 0.5) is 11.4 Å². The lowest BCUT2D eigenvalue weighted by atomic mass is 10.3. The van der Waals surface area contributed by atoms with E-state index in [4.69, 9.17) is 23.2 Å². The first-order valence-corrected chi connectivity index (χ1v) is 12.1. The fourth-order valence-electron chi connectivity index (χ4n) is 2.76. The molecule has 32 heavy (non-hydrogen) atoms. The Morgan fingerprint density at radius 3 is 1.50 bits per heavy atom. The Bertz CT molecular complexity index is 1450. The van der Waals surface area contributed by atoms with Crippen molar-refractivity contribution in [3.63, 3.8) is 0 Å². The average Bonchev–Trinajstić information content (AvgIpc) is 2.73. The van der Waals surface area contributed by atoms with Crippen molar-refractivity contribution in [2.24, 2.45) is 0 Å². The molecule has 0 aromatic heterocycles. The van der Waals surface area contributed by atoms with E-state index in [-0.39, 0.29) is 10.0 Å². The molecule has 166 valence electrons. The molecule has 0 bridgehead atoms. The number of rotatable bonds is 6. The van der Waals surface area contributed by atoms with Gasteiger partial charge in [0.1, 0.15) is 4.90 Å². The largest absolute Gasteiger partial charge is 0.296 e. The second kappa shape index (κ2) is 8.47. The highest BCUT2D eigenvalue weighted by molar-refractivity contribution is 7.94. The van der Waals surface area contributed by atoms with Crippen LogP contribution >= 0.6 is 23.2 Å². The van der Waals surface area contributed by atoms with Gasteiger partial charge in [0.15, 0.2) is 4.90 Å². The molecule has 0 saturated carbocycles. The standard InChI is InChI=1S/C18H10Cl2N2O8S2/c19-11-1-5-14(6-2-11)31(27,28)17-10-13(21(23)24)9-16(22(25)26)18(17)32(29,30)15-7-3-12(20)4-8-15/h1-10H. The number of hydrogen-bond acceptors (Lipinski definition) is 8. The average molecular weight is 517 g/mol. The molecule has 10 nitrogen and oxygen atoms in total. The fraction of sp³-hybridized carbons (Fsp3) is 0. The fourth-order valence-corrected chi connectivity index (χ4v) is 6.50. The van der Waals surface area contributed by atoms with Crippen LogP contribution in [0.15, 0.2) is 80.2 Å². The van der Waals surface area contributed by atoms with E-state index in [1.54, 1.807) is 0 Å². The topological polar surface area (TPSA) is 155 Å². The van der Waals surface area contributed by atoms with E-state index in [1.165, 1.54) is 24.3 Å². The molecule has 0 N–H and O–H groups in total. The zero-order valence-corrected chi connectivity index (χ0v) is 18.7. The molecule has 3 rings (SSSR count). The Balaban J connectivity index is 2.47. The van der Waals surface area contributed by atoms with Crippen molar-refractivity contribution in [1.29, 1.82) is 0 Å². The van der Waals surface area contributed by atoms with E-state index in [0.29, 0.717) is 12.1 Å². The van der Waals surface area contributed by atoms with Gasteiger partial charge in [-0.3, -0.25) is 20.2 Å². The summed E-state index contributed by atoms with van der Waals surface area (Å²) in [7, 11) is -9.60. The normalized spacial score (nSPS) is 11.8. The Kier molecular flexibility index (Phi) is 6.24. The van der Waals surface area contributed by atoms with Crippen LogP contribution in [0.1, 0.15) is 0 Å². The van der Waals surface area contributed by atoms with Crippen molar-refractivity contribution >= 4 is 54.3 Å². The second-order valence-electron chi connectivity index (χ2n) is 6.22. The molecule has 3 aromatic carbocycles. The minimum Gasteiger partial charge on any atom is -0.258 e. The van der Waals surface area contributed by atoms with Crippen LogP contribution in [0.25, 0.3) is 0 Å². The summed E-state index contributed by atoms with van der Waals surface area (Å²) in [4.78, 5) is 17.4. The summed E-state index contributed by atoms with van der Waals surface area (Å²) >= 11 is 11.5. The van der Waals surface area contributed by atoms with E-state index in [0.717, 1.165) is 24.3 Å². The number of halogens is 2. The third-order valence-corrected chi connectivity index (χ3v) is 8.52. The first-order valence-electron chi connectivity index (χ1n) is 8.34. The highest BCUT2D eigenvalue weighted by Crippen LogP contribution is 2.40. The highest BCUT2D eigenvalue weighted by Gasteiger charge is 2.39. The molecule has 3 aromatic rings. The van der Waals surface area contributed by atoms with Gasteiger partial charge in [-0.2, -0.15) is 0 Å². The molecule has 0 amide bonds. The van der Waals surface area contributed by atoms with Gasteiger partial charge < -0.3 is 0 Å². The number of sulfone groups is 2. The minimum absolute atomic E-state index is 0.163. The van der Waals surface area contributed by atoms with E-state index in [2.05, 4.69) is 0 Å². The lowest BCUT2D eigenvalue weighted by Crippen LogP contribution is -2.14. The van der Waals surface area contributed by atoms with E-state index >= 15 is 0 Å². The number of nitrogens with zero attached hydrogens (tertiary/aromatic N) is 2. The molecule has 0 radical (unpaired) electrons. The molecule has 0 fully saturated rings. The maximum absolute atomic E-state index is 13.3. The molecule has 14 heteroatoms. The number of hydrogen-bond donors (Lipinski definition) is 0. The summed E-state index contributed by atoms with van der Waals surface area (Å²) in [6, 6.07) is 9.80. The van der Waals surface area contributed by atoms with Crippen LogP contribution in [0.2, 0.25) is 10.0 Å². The molecule has 0 heterocycles. The number of nitro benzene ring substituents is 2. The number of nitro groups is 2. The predicted octanol–water partition coefficient (Wildman–Crippen LogP) is 4.48. The zero-order valence-electron chi connectivity index (χ0n) is 15.5. The summed E-state index contributed by atoms with van der Waals surface area (Å²) in [5.74, 6) is 0. The van der Waals surface area contributed by atoms with Crippen LogP contribution in [0.3, 0.4) is 0 Å². The Morgan fingerprint density at radius 2 is 1.09 bits per heavy atom. The van der Waals surface area contributed by atoms with Crippen molar-refractivity contribution in [1.82, 2.24) is 0 Å². The van der Waals surface area contributed by atoms with Crippen LogP contribution in [-0.2, 0) is 19.7 Å². The first kappa shape index (κ1) is 23.6. The molecule has 0 atom stereocenters. The number of non-ortho nitro benzene ring substituents is 1. The first-order chi connectivity index (χ1) is 14.9. The summed E-state index contributed by atoms with van der Waals surface area (Å²) in [5, 5.41) is 23.3. The highest BCUT2D eigenvalue weighted by atomic mass is 35.5. The molecular weight excluding hydrogens is 507 g/mol. The monoisotopic (exact) mass is 516 g/mol. The van der Waals surface area contributed by atoms with Crippen molar-refractivity contribution in [3.05, 3.63) is 90.9 Å². The van der Waals surface area contributed by atoms with Gasteiger partial charge in [-0.05, 0) is 48.5 Å². The lowest BCUT2D eigenvalue weighted by molar-refractivity contribution is -0.396. The third kappa shape index (κ3) is 4.30. The van der Waals surface area contributed by atoms with Crippen LogP contribution in [0, 0.1) is 20.2 Å². The maximum atomic E-state index is 13.3. The summed E-state index contributed by atoms with van der Waals surface area (Å²) in [5.41, 5.74) is -2.24. The SMILES string of the molecule is O=[N+]([O-])c1cc([N+](=O)[O-])c(S(=O)(=O)c2ccc(Cl)cc2)c(S(=O)(=O)c2ccc(Cl)cc2)c1. The van der Waals surface area contributed by atoms with E-state index in [1.807, 2.05) is 0 Å². The smallest absolute Gasteiger partial charge is 0.258 e. The van der Waals surface area contributed by atoms with Crippen molar-refractivity contribution < 1.29 is 26.7 Å². The Morgan fingerprint density at radius 1 is 0.656 bits per heavy atom. The van der Waals surface area contributed by atoms with Gasteiger partial charge in [-0.1, -0.05) is 23.2 Å². The van der Waals surface area contributed by atoms with Gasteiger partial charge in [0.05, 0.1) is 25.7 Å². The van der Waals surface area contributed by atoms with Crippen LogP contribution in [-0.4, -0.2) is 26.7 Å². The molecule has 0 spiro atoms. The third-order valence-electron chi connectivity index (χ3n) is 4.23. The van der Waals surface area contributed by atoms with Gasteiger partial charge >= 0.3 is 0 Å². The molecule has 0 aliphatic heterocycles. The molecule has 0 saturated heterocycles. The maximum Gasteiger partial charge on any atom is 0.296 e. The van der Waals surface area contributed by atoms with Crippen LogP contribution in [0.5, 0.6) is 0 Å². The molecule has 0 aliphatic rings. The second-order valence-corrected chi connectivity index (χ2v) is 10.9. The van der Waals surface area contributed by atoms with Crippen molar-refractivity contribution in [3.8, 4) is 0 Å². The molecule has 0 unspecified atom stereocenters. The number of benzene rings is 3. The lowest BCUT2D eigenvalue weighted by Gasteiger charge is -2.12. The minimum atomic E-state index is -4.83.